The standard InChI is InChI=1S/C16H20N2O6S4/c19-27(20,21)15-7-13(17-9-25)5-3-11(15)1-2-12-4-6-14(18-10-26)8-16(12)28(22,23)24/h3-8,17-18,25-26H,1-2,9-10H2,(H,19,20,21)(H,22,23,24). The minimum Gasteiger partial charge on any atom is -0.376 e. The number of rotatable bonds is 9. The van der Waals surface area contributed by atoms with Gasteiger partial charge in [0, 0.05) is 11.4 Å². The molecule has 28 heavy (non-hydrogen) atoms. The van der Waals surface area contributed by atoms with Crippen molar-refractivity contribution in [3.05, 3.63) is 47.5 Å². The molecule has 0 aliphatic heterocycles. The predicted molar refractivity (Wildman–Crippen MR) is 115 cm³/mol. The van der Waals surface area contributed by atoms with Gasteiger partial charge in [-0.25, -0.2) is 0 Å². The smallest absolute Gasteiger partial charge is 0.294 e. The molecule has 0 heterocycles. The number of nitrogens with one attached hydrogen (secondary N) is 2. The first-order valence-corrected chi connectivity index (χ1v) is 12.1. The van der Waals surface area contributed by atoms with Crippen LogP contribution in [0.2, 0.25) is 0 Å². The van der Waals surface area contributed by atoms with E-state index in [-0.39, 0.29) is 34.4 Å². The average Bonchev–Trinajstić information content (AvgIpc) is 2.60. The van der Waals surface area contributed by atoms with Gasteiger partial charge in [-0.1, -0.05) is 12.1 Å². The van der Waals surface area contributed by atoms with Crippen molar-refractivity contribution in [2.45, 2.75) is 22.6 Å². The highest BCUT2D eigenvalue weighted by Crippen LogP contribution is 2.26. The Hall–Kier alpha value is -1.44. The molecule has 12 heteroatoms. The second-order valence-corrected chi connectivity index (χ2v) is 9.18. The highest BCUT2D eigenvalue weighted by Gasteiger charge is 2.19. The van der Waals surface area contributed by atoms with E-state index in [9.17, 15) is 25.9 Å². The molecule has 0 fully saturated rings. The molecule has 2 rings (SSSR count). The first-order valence-electron chi connectivity index (χ1n) is 7.96. The number of hydrogen-bond donors (Lipinski definition) is 6. The number of thiol groups is 2. The second kappa shape index (κ2) is 9.37. The van der Waals surface area contributed by atoms with Crippen molar-refractivity contribution in [2.75, 3.05) is 22.4 Å². The maximum absolute atomic E-state index is 11.7. The summed E-state index contributed by atoms with van der Waals surface area (Å²) in [7, 11) is -8.96. The molecule has 0 aliphatic carbocycles. The van der Waals surface area contributed by atoms with Crippen molar-refractivity contribution >= 4 is 56.9 Å². The predicted octanol–water partition coefficient (Wildman–Crippen LogP) is 2.56. The summed E-state index contributed by atoms with van der Waals surface area (Å²) in [4.78, 5) is -0.554. The Morgan fingerprint density at radius 1 is 0.714 bits per heavy atom. The molecular formula is C16H20N2O6S4. The zero-order valence-electron chi connectivity index (χ0n) is 14.5. The molecule has 0 bridgehead atoms. The van der Waals surface area contributed by atoms with E-state index in [0.29, 0.717) is 22.5 Å². The molecule has 2 aromatic rings. The zero-order valence-corrected chi connectivity index (χ0v) is 18.0. The Bertz CT molecular complexity index is 969. The van der Waals surface area contributed by atoms with Gasteiger partial charge in [-0.05, 0) is 48.2 Å². The highest BCUT2D eigenvalue weighted by atomic mass is 32.2. The van der Waals surface area contributed by atoms with Crippen molar-refractivity contribution in [1.29, 1.82) is 0 Å². The van der Waals surface area contributed by atoms with Crippen LogP contribution in [0, 0.1) is 0 Å². The summed E-state index contributed by atoms with van der Waals surface area (Å²) in [6.07, 6.45) is 0.246. The molecule has 2 aromatic carbocycles. The first-order chi connectivity index (χ1) is 13.1. The fraction of sp³-hybridized carbons (Fsp3) is 0.250. The van der Waals surface area contributed by atoms with Crippen molar-refractivity contribution < 1.29 is 25.9 Å². The first kappa shape index (κ1) is 22.8. The van der Waals surface area contributed by atoms with Gasteiger partial charge in [0.05, 0.1) is 21.5 Å². The quantitative estimate of drug-likeness (QED) is 0.190. The van der Waals surface area contributed by atoms with Crippen LogP contribution in [0.1, 0.15) is 11.1 Å². The van der Waals surface area contributed by atoms with Gasteiger partial charge in [0.1, 0.15) is 0 Å². The molecule has 0 amide bonds. The van der Waals surface area contributed by atoms with Crippen molar-refractivity contribution in [1.82, 2.24) is 0 Å². The van der Waals surface area contributed by atoms with Crippen LogP contribution < -0.4 is 10.6 Å². The Morgan fingerprint density at radius 3 is 1.36 bits per heavy atom. The van der Waals surface area contributed by atoms with E-state index in [4.69, 9.17) is 0 Å². The van der Waals surface area contributed by atoms with Crippen molar-refractivity contribution in [3.8, 4) is 0 Å². The Morgan fingerprint density at radius 2 is 1.07 bits per heavy atom. The third-order valence-electron chi connectivity index (χ3n) is 3.92. The van der Waals surface area contributed by atoms with Gasteiger partial charge in [0.25, 0.3) is 20.2 Å². The summed E-state index contributed by atoms with van der Waals surface area (Å²) in [5.74, 6) is 0.545. The summed E-state index contributed by atoms with van der Waals surface area (Å²) in [5.41, 5.74) is 1.55. The lowest BCUT2D eigenvalue weighted by molar-refractivity contribution is 0.479. The van der Waals surface area contributed by atoms with E-state index in [1.807, 2.05) is 0 Å². The summed E-state index contributed by atoms with van der Waals surface area (Å²) >= 11 is 8.00. The lowest BCUT2D eigenvalue weighted by atomic mass is 10.0. The average molecular weight is 465 g/mol. The topological polar surface area (TPSA) is 133 Å². The normalized spacial score (nSPS) is 12.0. The minimum atomic E-state index is -4.48. The molecule has 0 aliphatic rings. The maximum Gasteiger partial charge on any atom is 0.294 e. The highest BCUT2D eigenvalue weighted by molar-refractivity contribution is 7.86. The van der Waals surface area contributed by atoms with E-state index >= 15 is 0 Å². The van der Waals surface area contributed by atoms with Crippen LogP contribution in [0.5, 0.6) is 0 Å². The molecule has 154 valence electrons. The van der Waals surface area contributed by atoms with Crippen LogP contribution in [-0.2, 0) is 33.1 Å². The summed E-state index contributed by atoms with van der Waals surface area (Å²) in [5, 5.41) is 5.66. The Labute approximate surface area is 175 Å². The van der Waals surface area contributed by atoms with Gasteiger partial charge < -0.3 is 10.6 Å². The van der Waals surface area contributed by atoms with E-state index in [0.717, 1.165) is 0 Å². The Balaban J connectivity index is 2.39. The molecule has 0 spiro atoms. The third-order valence-corrected chi connectivity index (χ3v) is 6.11. The van der Waals surface area contributed by atoms with Crippen LogP contribution >= 0.6 is 25.3 Å². The summed E-state index contributed by atoms with van der Waals surface area (Å²) in [6.45, 7) is 0. The molecule has 0 unspecified atom stereocenters. The largest absolute Gasteiger partial charge is 0.376 e. The monoisotopic (exact) mass is 464 g/mol. The van der Waals surface area contributed by atoms with Gasteiger partial charge in [-0.2, -0.15) is 42.1 Å². The minimum absolute atomic E-state index is 0.123. The van der Waals surface area contributed by atoms with Crippen molar-refractivity contribution in [3.63, 3.8) is 0 Å². The van der Waals surface area contributed by atoms with Crippen LogP contribution in [0.3, 0.4) is 0 Å². The fourth-order valence-corrected chi connectivity index (χ4v) is 4.59. The summed E-state index contributed by atoms with van der Waals surface area (Å²) in [6, 6.07) is 8.87. The molecule has 0 atom stereocenters. The van der Waals surface area contributed by atoms with Crippen LogP contribution in [0.15, 0.2) is 46.2 Å². The lowest BCUT2D eigenvalue weighted by Crippen LogP contribution is -2.09. The van der Waals surface area contributed by atoms with Gasteiger partial charge >= 0.3 is 0 Å². The molecule has 8 nitrogen and oxygen atoms in total. The number of aryl methyl sites for hydroxylation is 2. The van der Waals surface area contributed by atoms with Gasteiger partial charge in [0.2, 0.25) is 0 Å². The van der Waals surface area contributed by atoms with Gasteiger partial charge in [0.15, 0.2) is 0 Å². The van der Waals surface area contributed by atoms with E-state index in [2.05, 4.69) is 35.9 Å². The molecule has 0 radical (unpaired) electrons. The number of hydrogen-bond acceptors (Lipinski definition) is 8. The SMILES string of the molecule is O=S(=O)(O)c1cc(NCS)ccc1CCc1ccc(NCS)cc1S(=O)(=O)O. The molecule has 4 N–H and O–H groups in total. The summed E-state index contributed by atoms with van der Waals surface area (Å²) < 4.78 is 65.9. The number of anilines is 2. The van der Waals surface area contributed by atoms with E-state index in [1.165, 1.54) is 24.3 Å². The molecule has 0 saturated heterocycles. The second-order valence-electron chi connectivity index (χ2n) is 5.76. The van der Waals surface area contributed by atoms with Gasteiger partial charge in [-0.3, -0.25) is 9.11 Å². The fourth-order valence-electron chi connectivity index (χ4n) is 2.67. The third kappa shape index (κ3) is 6.03. The van der Waals surface area contributed by atoms with Crippen LogP contribution in [0.4, 0.5) is 11.4 Å². The van der Waals surface area contributed by atoms with E-state index in [1.54, 1.807) is 12.1 Å². The van der Waals surface area contributed by atoms with Crippen LogP contribution in [0.25, 0.3) is 0 Å². The maximum atomic E-state index is 11.7. The van der Waals surface area contributed by atoms with Gasteiger partial charge in [-0.15, -0.1) is 0 Å². The zero-order chi connectivity index (χ0) is 20.9. The Kier molecular flexibility index (Phi) is 7.65. The van der Waals surface area contributed by atoms with Crippen LogP contribution in [-0.4, -0.2) is 37.7 Å². The lowest BCUT2D eigenvalue weighted by Gasteiger charge is -2.13. The van der Waals surface area contributed by atoms with E-state index < -0.39 is 20.2 Å². The van der Waals surface area contributed by atoms with Crippen molar-refractivity contribution in [2.24, 2.45) is 0 Å². The number of benzene rings is 2. The molecule has 0 saturated carbocycles. The molecular weight excluding hydrogens is 444 g/mol. The molecule has 0 aromatic heterocycles.